The fraction of sp³-hybridized carbons (Fsp3) is 0.750. The van der Waals surface area contributed by atoms with E-state index in [1.54, 1.807) is 0 Å². The van der Waals surface area contributed by atoms with E-state index in [0.29, 0.717) is 12.0 Å². The minimum atomic E-state index is 0.392. The van der Waals surface area contributed by atoms with Gasteiger partial charge in [0.25, 0.3) is 0 Å². The van der Waals surface area contributed by atoms with E-state index in [1.807, 2.05) is 6.92 Å². The lowest BCUT2D eigenvalue weighted by Crippen LogP contribution is -2.27. The van der Waals surface area contributed by atoms with Crippen molar-refractivity contribution < 1.29 is 0 Å². The maximum Gasteiger partial charge on any atom is 0.0738 e. The number of nitrogens with one attached hydrogen (secondary N) is 1. The van der Waals surface area contributed by atoms with Crippen molar-refractivity contribution in [3.8, 4) is 0 Å². The zero-order valence-electron chi connectivity index (χ0n) is 10.8. The zero-order valence-corrected chi connectivity index (χ0v) is 12.4. The fourth-order valence-electron chi connectivity index (χ4n) is 1.74. The number of rotatable bonds is 5. The maximum absolute atomic E-state index is 4.54. The first-order chi connectivity index (χ1) is 7.43. The molecule has 1 aromatic heterocycles. The molecule has 0 aliphatic heterocycles. The Balaban J connectivity index is 2.59. The van der Waals surface area contributed by atoms with Gasteiger partial charge in [-0.25, -0.2) is 0 Å². The van der Waals surface area contributed by atoms with Gasteiger partial charge in [0, 0.05) is 6.54 Å². The summed E-state index contributed by atoms with van der Waals surface area (Å²) in [5.41, 5.74) is 2.27. The summed E-state index contributed by atoms with van der Waals surface area (Å²) in [6.07, 6.45) is 0. The van der Waals surface area contributed by atoms with Crippen LogP contribution in [0.5, 0.6) is 0 Å². The van der Waals surface area contributed by atoms with Crippen molar-refractivity contribution in [2.75, 3.05) is 13.1 Å². The molecule has 0 aliphatic carbocycles. The molecule has 0 aromatic carbocycles. The molecule has 1 unspecified atom stereocenters. The van der Waals surface area contributed by atoms with Crippen molar-refractivity contribution in [1.29, 1.82) is 0 Å². The molecule has 1 heterocycles. The lowest BCUT2D eigenvalue weighted by atomic mass is 10.2. The fourth-order valence-corrected chi connectivity index (χ4v) is 2.00. The molecule has 92 valence electrons. The van der Waals surface area contributed by atoms with Gasteiger partial charge < -0.3 is 5.32 Å². The Morgan fingerprint density at radius 2 is 1.88 bits per heavy atom. The Morgan fingerprint density at radius 1 is 1.25 bits per heavy atom. The van der Waals surface area contributed by atoms with Crippen molar-refractivity contribution >= 4 is 15.9 Å². The molecule has 0 saturated heterocycles. The summed E-state index contributed by atoms with van der Waals surface area (Å²) in [7, 11) is 0. The van der Waals surface area contributed by atoms with Gasteiger partial charge in [0.05, 0.1) is 21.9 Å². The smallest absolute Gasteiger partial charge is 0.0738 e. The molecule has 4 heteroatoms. The second kappa shape index (κ2) is 5.82. The summed E-state index contributed by atoms with van der Waals surface area (Å²) in [5.74, 6) is 0.694. The molecule has 0 fully saturated rings. The molecular formula is C12H22BrN3. The van der Waals surface area contributed by atoms with Gasteiger partial charge in [-0.2, -0.15) is 5.10 Å². The van der Waals surface area contributed by atoms with E-state index < -0.39 is 0 Å². The first-order valence-corrected chi connectivity index (χ1v) is 6.64. The summed E-state index contributed by atoms with van der Waals surface area (Å²) < 4.78 is 3.22. The Bertz CT molecular complexity index is 344. The molecule has 3 nitrogen and oxygen atoms in total. The highest BCUT2D eigenvalue weighted by molar-refractivity contribution is 9.10. The summed E-state index contributed by atoms with van der Waals surface area (Å²) >= 11 is 3.56. The predicted molar refractivity (Wildman–Crippen MR) is 71.8 cm³/mol. The van der Waals surface area contributed by atoms with Crippen LogP contribution in [0.2, 0.25) is 0 Å². The third kappa shape index (κ3) is 3.32. The molecule has 1 N–H and O–H groups in total. The third-order valence-corrected chi connectivity index (χ3v) is 3.79. The zero-order chi connectivity index (χ0) is 12.3. The van der Waals surface area contributed by atoms with Crippen LogP contribution in [-0.2, 0) is 0 Å². The Hall–Kier alpha value is -0.350. The minimum Gasteiger partial charge on any atom is -0.314 e. The molecule has 0 spiro atoms. The second-order valence-electron chi connectivity index (χ2n) is 4.83. The SMILES string of the molecule is Cc1nn(C(C)CNCC(C)C)c(C)c1Br. The van der Waals surface area contributed by atoms with Crippen LogP contribution in [0.15, 0.2) is 4.47 Å². The largest absolute Gasteiger partial charge is 0.314 e. The van der Waals surface area contributed by atoms with Gasteiger partial charge in [-0.15, -0.1) is 0 Å². The number of nitrogens with zero attached hydrogens (tertiary/aromatic N) is 2. The average Bonchev–Trinajstić information content (AvgIpc) is 2.45. The van der Waals surface area contributed by atoms with E-state index in [4.69, 9.17) is 0 Å². The van der Waals surface area contributed by atoms with Crippen LogP contribution >= 0.6 is 15.9 Å². The molecular weight excluding hydrogens is 266 g/mol. The van der Waals surface area contributed by atoms with Gasteiger partial charge in [0.2, 0.25) is 0 Å². The van der Waals surface area contributed by atoms with Crippen molar-refractivity contribution in [3.05, 3.63) is 15.9 Å². The Labute approximate surface area is 107 Å². The molecule has 0 amide bonds. The quantitative estimate of drug-likeness (QED) is 0.902. The van der Waals surface area contributed by atoms with Crippen LogP contribution in [0.25, 0.3) is 0 Å². The van der Waals surface area contributed by atoms with Gasteiger partial charge in [0.15, 0.2) is 0 Å². The van der Waals surface area contributed by atoms with Crippen molar-refractivity contribution in [2.24, 2.45) is 5.92 Å². The van der Waals surface area contributed by atoms with Gasteiger partial charge >= 0.3 is 0 Å². The molecule has 0 radical (unpaired) electrons. The second-order valence-corrected chi connectivity index (χ2v) is 5.62. The highest BCUT2D eigenvalue weighted by atomic mass is 79.9. The number of hydrogen-bond donors (Lipinski definition) is 1. The molecule has 1 rings (SSSR count). The summed E-state index contributed by atoms with van der Waals surface area (Å²) in [6.45, 7) is 12.8. The van der Waals surface area contributed by atoms with E-state index in [-0.39, 0.29) is 0 Å². The highest BCUT2D eigenvalue weighted by Crippen LogP contribution is 2.22. The van der Waals surface area contributed by atoms with E-state index in [1.165, 1.54) is 5.69 Å². The Kier molecular flexibility index (Phi) is 4.99. The third-order valence-electron chi connectivity index (χ3n) is 2.65. The molecule has 0 saturated carbocycles. The standard InChI is InChI=1S/C12H22BrN3/c1-8(2)6-14-7-9(3)16-11(5)12(13)10(4)15-16/h8-9,14H,6-7H2,1-5H3. The van der Waals surface area contributed by atoms with Crippen LogP contribution < -0.4 is 5.32 Å². The van der Waals surface area contributed by atoms with E-state index in [9.17, 15) is 0 Å². The van der Waals surface area contributed by atoms with Crippen molar-refractivity contribution in [2.45, 2.75) is 40.7 Å². The van der Waals surface area contributed by atoms with Crippen LogP contribution in [0.1, 0.15) is 38.2 Å². The topological polar surface area (TPSA) is 29.9 Å². The Morgan fingerprint density at radius 3 is 2.31 bits per heavy atom. The van der Waals surface area contributed by atoms with Crippen LogP contribution in [0.4, 0.5) is 0 Å². The van der Waals surface area contributed by atoms with Crippen molar-refractivity contribution in [3.63, 3.8) is 0 Å². The first kappa shape index (κ1) is 13.7. The normalized spacial score (nSPS) is 13.4. The lowest BCUT2D eigenvalue weighted by Gasteiger charge is -2.16. The van der Waals surface area contributed by atoms with Gasteiger partial charge in [0.1, 0.15) is 0 Å². The average molecular weight is 288 g/mol. The van der Waals surface area contributed by atoms with Crippen LogP contribution in [-0.4, -0.2) is 22.9 Å². The van der Waals surface area contributed by atoms with Crippen LogP contribution in [0, 0.1) is 19.8 Å². The van der Waals surface area contributed by atoms with E-state index >= 15 is 0 Å². The summed E-state index contributed by atoms with van der Waals surface area (Å²) in [5, 5.41) is 8.00. The van der Waals surface area contributed by atoms with Crippen molar-refractivity contribution in [1.82, 2.24) is 15.1 Å². The molecule has 0 bridgehead atoms. The van der Waals surface area contributed by atoms with Gasteiger partial charge in [-0.1, -0.05) is 13.8 Å². The molecule has 16 heavy (non-hydrogen) atoms. The molecule has 1 atom stereocenters. The van der Waals surface area contributed by atoms with E-state index in [0.717, 1.165) is 23.3 Å². The number of aryl methyl sites for hydroxylation is 1. The minimum absolute atomic E-state index is 0.392. The molecule has 1 aromatic rings. The first-order valence-electron chi connectivity index (χ1n) is 5.85. The highest BCUT2D eigenvalue weighted by Gasteiger charge is 2.13. The summed E-state index contributed by atoms with van der Waals surface area (Å²) in [4.78, 5) is 0. The number of halogens is 1. The van der Waals surface area contributed by atoms with Gasteiger partial charge in [-0.3, -0.25) is 4.68 Å². The van der Waals surface area contributed by atoms with Crippen LogP contribution in [0.3, 0.4) is 0 Å². The number of aromatic nitrogens is 2. The van der Waals surface area contributed by atoms with Gasteiger partial charge in [-0.05, 0) is 49.2 Å². The number of hydrogen-bond acceptors (Lipinski definition) is 2. The van der Waals surface area contributed by atoms with E-state index in [2.05, 4.69) is 58.7 Å². The lowest BCUT2D eigenvalue weighted by molar-refractivity contribution is 0.427. The molecule has 0 aliphatic rings. The predicted octanol–water partition coefficient (Wildman–Crippen LogP) is 3.07. The summed E-state index contributed by atoms with van der Waals surface area (Å²) in [6, 6.07) is 0.392. The monoisotopic (exact) mass is 287 g/mol. The maximum atomic E-state index is 4.54.